The van der Waals surface area contributed by atoms with Crippen LogP contribution < -0.4 is 4.43 Å². The van der Waals surface area contributed by atoms with Crippen LogP contribution in [-0.2, 0) is 6.42 Å². The van der Waals surface area contributed by atoms with Crippen LogP contribution in [0.2, 0.25) is 16.6 Å². The molecule has 0 spiro atoms. The lowest BCUT2D eigenvalue weighted by Crippen LogP contribution is -2.50. The Kier molecular flexibility index (Phi) is 9.03. The van der Waals surface area contributed by atoms with Crippen molar-refractivity contribution in [2.75, 3.05) is 0 Å². The van der Waals surface area contributed by atoms with Crippen molar-refractivity contribution in [3.63, 3.8) is 0 Å². The molecule has 0 saturated heterocycles. The van der Waals surface area contributed by atoms with Crippen molar-refractivity contribution >= 4 is 19.1 Å². The zero-order chi connectivity index (χ0) is 24.7. The second-order valence-electron chi connectivity index (χ2n) is 10.5. The predicted octanol–water partition coefficient (Wildman–Crippen LogP) is 9.53. The van der Waals surface area contributed by atoms with Gasteiger partial charge in [0.05, 0.1) is 0 Å². The van der Waals surface area contributed by atoms with Crippen LogP contribution in [-0.4, -0.2) is 8.32 Å². The quantitative estimate of drug-likeness (QED) is 0.172. The molecule has 0 N–H and O–H groups in total. The van der Waals surface area contributed by atoms with Gasteiger partial charge in [-0.3, -0.25) is 0 Å². The van der Waals surface area contributed by atoms with Gasteiger partial charge in [0.25, 0.3) is 8.32 Å². The summed E-state index contributed by atoms with van der Waals surface area (Å²) in [6.45, 7) is 16.2. The predicted molar refractivity (Wildman–Crippen MR) is 151 cm³/mol. The third-order valence-corrected chi connectivity index (χ3v) is 13.2. The Balaban J connectivity index is 1.97. The van der Waals surface area contributed by atoms with Gasteiger partial charge in [-0.2, -0.15) is 0 Å². The number of hydrogen-bond donors (Lipinski definition) is 0. The van der Waals surface area contributed by atoms with Crippen molar-refractivity contribution in [1.82, 2.24) is 0 Å². The topological polar surface area (TPSA) is 9.23 Å². The molecule has 0 aliphatic heterocycles. The molecular weight excluding hydrogens is 428 g/mol. The molecule has 0 atom stereocenters. The molecule has 0 aromatic heterocycles. The second-order valence-corrected chi connectivity index (χ2v) is 15.9. The molecule has 0 bridgehead atoms. The van der Waals surface area contributed by atoms with Crippen molar-refractivity contribution in [2.45, 2.75) is 90.8 Å². The minimum atomic E-state index is -2.03. The van der Waals surface area contributed by atoms with Gasteiger partial charge in [-0.15, -0.1) is 0 Å². The number of aryl methyl sites for hydroxylation is 1. The van der Waals surface area contributed by atoms with Gasteiger partial charge in [0.2, 0.25) is 0 Å². The first-order valence-electron chi connectivity index (χ1n) is 13.1. The van der Waals surface area contributed by atoms with Crippen molar-refractivity contribution in [3.8, 4) is 17.6 Å². The lowest BCUT2D eigenvalue weighted by molar-refractivity contribution is 0.480. The van der Waals surface area contributed by atoms with E-state index in [4.69, 9.17) is 4.43 Å². The maximum absolute atomic E-state index is 7.02. The lowest BCUT2D eigenvalue weighted by atomic mass is 10.0. The largest absolute Gasteiger partial charge is 0.543 e. The molecule has 3 aromatic rings. The van der Waals surface area contributed by atoms with Crippen molar-refractivity contribution < 1.29 is 4.43 Å². The molecule has 0 aliphatic carbocycles. The van der Waals surface area contributed by atoms with Crippen LogP contribution in [0.3, 0.4) is 0 Å². The minimum Gasteiger partial charge on any atom is -0.543 e. The maximum Gasteiger partial charge on any atom is 0.258 e. The van der Waals surface area contributed by atoms with Gasteiger partial charge in [-0.05, 0) is 70.1 Å². The number of unbranched alkanes of at least 4 members (excludes halogenated alkanes) is 2. The summed E-state index contributed by atoms with van der Waals surface area (Å²) in [5, 5.41) is 2.37. The van der Waals surface area contributed by atoms with Crippen LogP contribution in [0.25, 0.3) is 10.8 Å². The van der Waals surface area contributed by atoms with Gasteiger partial charge in [-0.25, -0.2) is 0 Å². The third kappa shape index (κ3) is 5.94. The second kappa shape index (κ2) is 11.8. The van der Waals surface area contributed by atoms with Crippen LogP contribution in [0.5, 0.6) is 5.75 Å². The summed E-state index contributed by atoms with van der Waals surface area (Å²) in [4.78, 5) is 0. The van der Waals surface area contributed by atoms with Gasteiger partial charge in [-0.1, -0.05) is 110 Å². The maximum atomic E-state index is 7.02. The van der Waals surface area contributed by atoms with E-state index in [0.717, 1.165) is 23.3 Å². The highest BCUT2D eigenvalue weighted by molar-refractivity contribution is 6.78. The summed E-state index contributed by atoms with van der Waals surface area (Å²) in [6.07, 6.45) is 4.96. The Morgan fingerprint density at radius 1 is 0.765 bits per heavy atom. The Labute approximate surface area is 209 Å². The Morgan fingerprint density at radius 2 is 1.41 bits per heavy atom. The van der Waals surface area contributed by atoms with E-state index >= 15 is 0 Å². The fourth-order valence-corrected chi connectivity index (χ4v) is 10.7. The van der Waals surface area contributed by atoms with E-state index in [1.807, 2.05) is 0 Å². The molecule has 180 valence electrons. The Hall–Kier alpha value is -2.50. The SMILES string of the molecule is CCCCCc1ccc(C#Cc2cc(O[Si](C(C)C)(C(C)C)C(C)C)cc3ccccc23)cc1. The van der Waals surface area contributed by atoms with E-state index < -0.39 is 8.32 Å². The van der Waals surface area contributed by atoms with E-state index in [1.54, 1.807) is 0 Å². The average Bonchev–Trinajstić information content (AvgIpc) is 2.81. The van der Waals surface area contributed by atoms with Crippen LogP contribution >= 0.6 is 0 Å². The zero-order valence-electron chi connectivity index (χ0n) is 22.2. The highest BCUT2D eigenvalue weighted by atomic mass is 28.4. The summed E-state index contributed by atoms with van der Waals surface area (Å²) in [5.41, 5.74) is 5.10. The molecular formula is C32H42OSi. The molecule has 2 heteroatoms. The van der Waals surface area contributed by atoms with E-state index in [1.165, 1.54) is 35.6 Å². The smallest absolute Gasteiger partial charge is 0.258 e. The summed E-state index contributed by atoms with van der Waals surface area (Å²) in [6, 6.07) is 21.7. The summed E-state index contributed by atoms with van der Waals surface area (Å²) < 4.78 is 7.02. The monoisotopic (exact) mass is 470 g/mol. The molecule has 3 rings (SSSR count). The number of benzene rings is 3. The molecule has 0 unspecified atom stereocenters. The molecule has 0 heterocycles. The number of hydrogen-bond acceptors (Lipinski definition) is 1. The molecule has 1 nitrogen and oxygen atoms in total. The minimum absolute atomic E-state index is 0.532. The molecule has 0 aliphatic rings. The number of rotatable bonds is 9. The zero-order valence-corrected chi connectivity index (χ0v) is 23.2. The van der Waals surface area contributed by atoms with Crippen molar-refractivity contribution in [2.24, 2.45) is 0 Å². The van der Waals surface area contributed by atoms with E-state index in [2.05, 4.69) is 121 Å². The molecule has 34 heavy (non-hydrogen) atoms. The van der Waals surface area contributed by atoms with Crippen LogP contribution in [0.4, 0.5) is 0 Å². The van der Waals surface area contributed by atoms with Crippen LogP contribution in [0.1, 0.15) is 84.4 Å². The van der Waals surface area contributed by atoms with Gasteiger partial charge in [0.1, 0.15) is 5.75 Å². The standard InChI is InChI=1S/C32H42OSi/c1-8-9-10-13-27-16-18-28(19-17-27)20-21-30-23-31(22-29-14-11-12-15-32(29)30)33-34(24(2)3,25(4)5)26(6)7/h11-12,14-19,22-26H,8-10,13H2,1-7H3. The molecule has 0 fully saturated rings. The highest BCUT2D eigenvalue weighted by Crippen LogP contribution is 2.43. The van der Waals surface area contributed by atoms with E-state index in [-0.39, 0.29) is 0 Å². The fraction of sp³-hybridized carbons (Fsp3) is 0.438. The van der Waals surface area contributed by atoms with Gasteiger partial charge in [0.15, 0.2) is 0 Å². The Morgan fingerprint density at radius 3 is 2.03 bits per heavy atom. The first-order valence-corrected chi connectivity index (χ1v) is 15.2. The molecule has 0 saturated carbocycles. The first kappa shape index (κ1) is 26.1. The van der Waals surface area contributed by atoms with Crippen molar-refractivity contribution in [1.29, 1.82) is 0 Å². The summed E-state index contributed by atoms with van der Waals surface area (Å²) >= 11 is 0. The summed E-state index contributed by atoms with van der Waals surface area (Å²) in [5.74, 6) is 7.86. The van der Waals surface area contributed by atoms with Gasteiger partial charge in [0, 0.05) is 11.1 Å². The first-order chi connectivity index (χ1) is 16.3. The molecule has 0 radical (unpaired) electrons. The highest BCUT2D eigenvalue weighted by Gasteiger charge is 2.47. The van der Waals surface area contributed by atoms with Gasteiger partial charge < -0.3 is 4.43 Å². The lowest BCUT2D eigenvalue weighted by Gasteiger charge is -2.42. The normalized spacial score (nSPS) is 11.8. The van der Waals surface area contributed by atoms with Gasteiger partial charge >= 0.3 is 0 Å². The number of fused-ring (bicyclic) bond motifs is 1. The molecule has 3 aromatic carbocycles. The average molecular weight is 471 g/mol. The van der Waals surface area contributed by atoms with E-state index in [9.17, 15) is 0 Å². The van der Waals surface area contributed by atoms with Crippen LogP contribution in [0, 0.1) is 11.8 Å². The van der Waals surface area contributed by atoms with Crippen LogP contribution in [0.15, 0.2) is 60.7 Å². The van der Waals surface area contributed by atoms with E-state index in [0.29, 0.717) is 16.6 Å². The fourth-order valence-electron chi connectivity index (χ4n) is 5.48. The molecule has 0 amide bonds. The van der Waals surface area contributed by atoms with Crippen molar-refractivity contribution in [3.05, 3.63) is 77.4 Å². The Bertz CT molecular complexity index is 1110. The summed E-state index contributed by atoms with van der Waals surface area (Å²) in [7, 11) is -2.03. The third-order valence-electron chi connectivity index (χ3n) is 7.20.